The Bertz CT molecular complexity index is 1580. The van der Waals surface area contributed by atoms with E-state index in [1.54, 1.807) is 6.20 Å². The zero-order valence-electron chi connectivity index (χ0n) is 19.8. The van der Waals surface area contributed by atoms with Crippen molar-refractivity contribution in [2.45, 2.75) is 43.3 Å². The summed E-state index contributed by atoms with van der Waals surface area (Å²) >= 11 is 0. The minimum Gasteiger partial charge on any atom is -0.387 e. The Labute approximate surface area is 208 Å². The lowest BCUT2D eigenvalue weighted by molar-refractivity contribution is -0.0829. The first-order valence-corrected chi connectivity index (χ1v) is 12.5. The normalized spacial score (nSPS) is 21.1. The second-order valence-corrected chi connectivity index (χ2v) is 10.0. The highest BCUT2D eigenvalue weighted by Gasteiger charge is 2.50. The number of rotatable bonds is 4. The summed E-state index contributed by atoms with van der Waals surface area (Å²) in [5.74, 6) is 1.48. The second kappa shape index (κ2) is 8.11. The molecule has 0 amide bonds. The Morgan fingerprint density at radius 2 is 1.81 bits per heavy atom. The molecule has 3 N–H and O–H groups in total. The van der Waals surface area contributed by atoms with Crippen molar-refractivity contribution in [3.8, 4) is 22.5 Å². The Kier molecular flexibility index (Phi) is 4.84. The Balaban J connectivity index is 1.30. The van der Waals surface area contributed by atoms with Gasteiger partial charge in [-0.15, -0.1) is 0 Å². The van der Waals surface area contributed by atoms with Gasteiger partial charge in [-0.2, -0.15) is 0 Å². The van der Waals surface area contributed by atoms with Crippen LogP contribution in [0.15, 0.2) is 73.1 Å². The third-order valence-corrected chi connectivity index (χ3v) is 7.65. The number of nitrogens with two attached hydrogens (primary N) is 1. The smallest absolute Gasteiger partial charge is 0.150 e. The number of aromatic nitrogens is 4. The molecule has 2 atom stereocenters. The van der Waals surface area contributed by atoms with E-state index in [9.17, 15) is 5.11 Å². The van der Waals surface area contributed by atoms with E-state index in [2.05, 4.69) is 51.8 Å². The van der Waals surface area contributed by atoms with Gasteiger partial charge in [-0.25, -0.2) is 15.0 Å². The van der Waals surface area contributed by atoms with Crippen LogP contribution >= 0.6 is 0 Å². The number of fused-ring (bicyclic) bond motifs is 2. The maximum atomic E-state index is 10.5. The topological polar surface area (TPSA) is 98.6 Å². The summed E-state index contributed by atoms with van der Waals surface area (Å²) in [6.07, 6.45) is 6.97. The zero-order valence-corrected chi connectivity index (χ0v) is 19.8. The number of anilines is 1. The average molecular weight is 478 g/mol. The third kappa shape index (κ3) is 3.54. The van der Waals surface area contributed by atoms with E-state index in [4.69, 9.17) is 20.4 Å². The molecule has 3 aromatic heterocycles. The van der Waals surface area contributed by atoms with Gasteiger partial charge < -0.3 is 15.6 Å². The summed E-state index contributed by atoms with van der Waals surface area (Å²) in [4.78, 5) is 14.4. The summed E-state index contributed by atoms with van der Waals surface area (Å²) in [5, 5.41) is 11.5. The molecule has 180 valence electrons. The van der Waals surface area contributed by atoms with E-state index in [1.165, 1.54) is 0 Å². The molecule has 1 saturated carbocycles. The van der Waals surface area contributed by atoms with Gasteiger partial charge in [0, 0.05) is 34.8 Å². The number of benzene rings is 2. The largest absolute Gasteiger partial charge is 0.387 e. The number of hydrogen-bond acceptors (Lipinski definition) is 6. The van der Waals surface area contributed by atoms with Crippen molar-refractivity contribution in [1.82, 2.24) is 19.4 Å². The molecule has 0 bridgehead atoms. The average Bonchev–Trinajstić information content (AvgIpc) is 3.55. The monoisotopic (exact) mass is 477 g/mol. The van der Waals surface area contributed by atoms with Crippen molar-refractivity contribution >= 4 is 22.2 Å². The van der Waals surface area contributed by atoms with Crippen LogP contribution in [0.3, 0.4) is 0 Å². The fourth-order valence-electron chi connectivity index (χ4n) is 5.44. The lowest BCUT2D eigenvalue weighted by Gasteiger charge is -2.31. The van der Waals surface area contributed by atoms with E-state index in [0.717, 1.165) is 70.4 Å². The summed E-state index contributed by atoms with van der Waals surface area (Å²) in [6.45, 7) is 0.535. The van der Waals surface area contributed by atoms with Crippen molar-refractivity contribution < 1.29 is 9.84 Å². The number of ether oxygens (including phenoxy) is 1. The van der Waals surface area contributed by atoms with Crippen LogP contribution in [0.4, 0.5) is 5.82 Å². The predicted molar refractivity (Wildman–Crippen MR) is 139 cm³/mol. The number of pyridine rings is 1. The molecular weight excluding hydrogens is 450 g/mol. The SMILES string of the molecule is Nc1nccn2c(C3CCC(C4(O)CC4)OC3)nc(-c3ccc4ccc(-c5ccccc5)nc4c3)c12. The number of imidazole rings is 1. The van der Waals surface area contributed by atoms with Crippen LogP contribution in [0.5, 0.6) is 0 Å². The Morgan fingerprint density at radius 1 is 0.972 bits per heavy atom. The molecule has 5 aromatic rings. The van der Waals surface area contributed by atoms with E-state index >= 15 is 0 Å². The molecule has 2 unspecified atom stereocenters. The number of hydrogen-bond donors (Lipinski definition) is 2. The van der Waals surface area contributed by atoms with Crippen LogP contribution < -0.4 is 5.73 Å². The number of aliphatic hydroxyl groups is 1. The molecular formula is C29H27N5O2. The quantitative estimate of drug-likeness (QED) is 0.379. The molecule has 4 heterocycles. The maximum absolute atomic E-state index is 10.5. The first kappa shape index (κ1) is 21.5. The van der Waals surface area contributed by atoms with Crippen LogP contribution in [0, 0.1) is 0 Å². The summed E-state index contributed by atoms with van der Waals surface area (Å²) in [7, 11) is 0. The van der Waals surface area contributed by atoms with Crippen LogP contribution in [-0.2, 0) is 4.74 Å². The van der Waals surface area contributed by atoms with Crippen LogP contribution in [0.25, 0.3) is 38.9 Å². The van der Waals surface area contributed by atoms with Gasteiger partial charge in [0.2, 0.25) is 0 Å². The van der Waals surface area contributed by atoms with Gasteiger partial charge in [0.1, 0.15) is 22.9 Å². The molecule has 2 aliphatic rings. The van der Waals surface area contributed by atoms with Gasteiger partial charge in [0.15, 0.2) is 0 Å². The molecule has 7 nitrogen and oxygen atoms in total. The molecule has 0 radical (unpaired) electrons. The summed E-state index contributed by atoms with van der Waals surface area (Å²) in [5.41, 5.74) is 11.2. The maximum Gasteiger partial charge on any atom is 0.150 e. The van der Waals surface area contributed by atoms with Crippen LogP contribution in [0.1, 0.15) is 37.4 Å². The Morgan fingerprint density at radius 3 is 2.58 bits per heavy atom. The molecule has 1 aliphatic heterocycles. The predicted octanol–water partition coefficient (Wildman–Crippen LogP) is 4.98. The minimum atomic E-state index is -0.615. The summed E-state index contributed by atoms with van der Waals surface area (Å²) in [6, 6.07) is 20.6. The van der Waals surface area contributed by atoms with E-state index in [-0.39, 0.29) is 12.0 Å². The second-order valence-electron chi connectivity index (χ2n) is 10.0. The number of nitrogen functional groups attached to an aromatic ring is 1. The standard InChI is InChI=1S/C29H27N5O2/c30-27-26-25(20-7-6-19-8-10-22(32-23(19)16-20)18-4-2-1-3-5-18)33-28(34(26)15-14-31-27)21-9-11-24(36-17-21)29(35)12-13-29/h1-8,10,14-16,21,24,35H,9,11-13,17H2,(H2,30,31). The molecule has 2 aromatic carbocycles. The van der Waals surface area contributed by atoms with Gasteiger partial charge in [0.05, 0.1) is 29.5 Å². The first-order valence-electron chi connectivity index (χ1n) is 12.5. The fraction of sp³-hybridized carbons (Fsp3) is 0.276. The van der Waals surface area contributed by atoms with Crippen LogP contribution in [0.2, 0.25) is 0 Å². The molecule has 1 aliphatic carbocycles. The van der Waals surface area contributed by atoms with Crippen molar-refractivity contribution in [3.05, 3.63) is 78.9 Å². The van der Waals surface area contributed by atoms with Crippen molar-refractivity contribution in [2.24, 2.45) is 0 Å². The molecule has 2 fully saturated rings. The van der Waals surface area contributed by atoms with Gasteiger partial charge in [-0.05, 0) is 37.8 Å². The fourth-order valence-corrected chi connectivity index (χ4v) is 5.44. The van der Waals surface area contributed by atoms with Crippen LogP contribution in [-0.4, -0.2) is 42.8 Å². The lowest BCUT2D eigenvalue weighted by Crippen LogP contribution is -2.36. The van der Waals surface area contributed by atoms with Gasteiger partial charge in [0.25, 0.3) is 0 Å². The van der Waals surface area contributed by atoms with Gasteiger partial charge >= 0.3 is 0 Å². The number of nitrogens with zero attached hydrogens (tertiary/aromatic N) is 4. The highest BCUT2D eigenvalue weighted by molar-refractivity contribution is 5.91. The first-order chi connectivity index (χ1) is 17.6. The Hall–Kier alpha value is -3.81. The highest BCUT2D eigenvalue weighted by Crippen LogP contribution is 2.45. The molecule has 36 heavy (non-hydrogen) atoms. The molecule has 7 heteroatoms. The third-order valence-electron chi connectivity index (χ3n) is 7.65. The van der Waals surface area contributed by atoms with Crippen molar-refractivity contribution in [2.75, 3.05) is 12.3 Å². The molecule has 0 spiro atoms. The minimum absolute atomic E-state index is 0.0726. The molecule has 7 rings (SSSR count). The van der Waals surface area contributed by atoms with E-state index in [1.807, 2.05) is 24.4 Å². The summed E-state index contributed by atoms with van der Waals surface area (Å²) < 4.78 is 8.17. The zero-order chi connectivity index (χ0) is 24.3. The van der Waals surface area contributed by atoms with Crippen molar-refractivity contribution in [1.29, 1.82) is 0 Å². The van der Waals surface area contributed by atoms with E-state index in [0.29, 0.717) is 12.4 Å². The molecule has 1 saturated heterocycles. The lowest BCUT2D eigenvalue weighted by atomic mass is 9.94. The van der Waals surface area contributed by atoms with Gasteiger partial charge in [-0.1, -0.05) is 48.5 Å². The van der Waals surface area contributed by atoms with Crippen molar-refractivity contribution in [3.63, 3.8) is 0 Å². The highest BCUT2D eigenvalue weighted by atomic mass is 16.5. The van der Waals surface area contributed by atoms with E-state index < -0.39 is 5.60 Å². The van der Waals surface area contributed by atoms with Gasteiger partial charge in [-0.3, -0.25) is 4.40 Å².